The summed E-state index contributed by atoms with van der Waals surface area (Å²) < 4.78 is 24.2. The number of hydrogen-bond donors (Lipinski definition) is 0. The Morgan fingerprint density at radius 3 is 2.63 bits per heavy atom. The number of fused-ring (bicyclic) bond motifs is 1. The standard InChI is InChI=1S/C29H28N2O6S/c1-7-14-36-22-11-9-8-10-19(22)15-24-27(32)31-26(21-16-20(34-5)12-13-23(21)35-6)25(28(33)37-17(2)3)18(4)30-29(31)38-24/h1,8-13,15-17,26H,14H2,2-6H3/b24-15+/t26-/m1/s1. The van der Waals surface area contributed by atoms with Gasteiger partial charge in [-0.25, -0.2) is 9.79 Å². The van der Waals surface area contributed by atoms with Gasteiger partial charge in [0.2, 0.25) is 0 Å². The van der Waals surface area contributed by atoms with Gasteiger partial charge in [-0.15, -0.1) is 6.42 Å². The van der Waals surface area contributed by atoms with Gasteiger partial charge in [-0.05, 0) is 51.1 Å². The Labute approximate surface area is 224 Å². The maximum absolute atomic E-state index is 13.9. The molecule has 0 spiro atoms. The van der Waals surface area contributed by atoms with Crippen LogP contribution in [-0.2, 0) is 9.53 Å². The van der Waals surface area contributed by atoms with Crippen LogP contribution in [0.1, 0.15) is 37.9 Å². The number of thiazole rings is 1. The van der Waals surface area contributed by atoms with Gasteiger partial charge in [0.05, 0.1) is 36.1 Å². The summed E-state index contributed by atoms with van der Waals surface area (Å²) in [7, 11) is 3.08. The van der Waals surface area contributed by atoms with E-state index in [1.807, 2.05) is 18.2 Å². The van der Waals surface area contributed by atoms with Crippen molar-refractivity contribution >= 4 is 23.4 Å². The van der Waals surface area contributed by atoms with E-state index in [1.54, 1.807) is 58.2 Å². The Morgan fingerprint density at radius 1 is 1.18 bits per heavy atom. The lowest BCUT2D eigenvalue weighted by Crippen LogP contribution is -2.40. The zero-order valence-electron chi connectivity index (χ0n) is 21.8. The number of ether oxygens (including phenoxy) is 4. The Morgan fingerprint density at radius 2 is 1.95 bits per heavy atom. The largest absolute Gasteiger partial charge is 0.497 e. The van der Waals surface area contributed by atoms with E-state index in [2.05, 4.69) is 10.9 Å². The molecule has 0 amide bonds. The van der Waals surface area contributed by atoms with Crippen molar-refractivity contribution in [3.05, 3.63) is 84.5 Å². The fourth-order valence-electron chi connectivity index (χ4n) is 4.20. The fraction of sp³-hybridized carbons (Fsp3) is 0.276. The molecule has 0 unspecified atom stereocenters. The normalized spacial score (nSPS) is 15.0. The van der Waals surface area contributed by atoms with Crippen LogP contribution in [0.25, 0.3) is 6.08 Å². The van der Waals surface area contributed by atoms with Crippen LogP contribution in [-0.4, -0.2) is 37.5 Å². The van der Waals surface area contributed by atoms with Crippen molar-refractivity contribution < 1.29 is 23.7 Å². The lowest BCUT2D eigenvalue weighted by Gasteiger charge is -2.26. The summed E-state index contributed by atoms with van der Waals surface area (Å²) in [6.45, 7) is 5.37. The van der Waals surface area contributed by atoms with Gasteiger partial charge >= 0.3 is 5.97 Å². The predicted molar refractivity (Wildman–Crippen MR) is 145 cm³/mol. The minimum atomic E-state index is -0.849. The number of nitrogens with zero attached hydrogens (tertiary/aromatic N) is 2. The van der Waals surface area contributed by atoms with Crippen LogP contribution in [0.15, 0.2) is 63.5 Å². The quantitative estimate of drug-likeness (QED) is 0.327. The second-order valence-corrected chi connectivity index (χ2v) is 9.68. The second-order valence-electron chi connectivity index (χ2n) is 8.67. The SMILES string of the molecule is C#CCOc1ccccc1/C=c1/sc2n(c1=O)[C@H](c1cc(OC)ccc1OC)C(C(=O)OC(C)C)=C(C)N=2. The third-order valence-corrected chi connectivity index (χ3v) is 6.82. The molecule has 1 aliphatic rings. The van der Waals surface area contributed by atoms with Gasteiger partial charge in [0, 0.05) is 11.1 Å². The average Bonchev–Trinajstić information content (AvgIpc) is 3.20. The minimum absolute atomic E-state index is 0.0995. The topological polar surface area (TPSA) is 88.3 Å². The zero-order valence-corrected chi connectivity index (χ0v) is 22.6. The van der Waals surface area contributed by atoms with E-state index in [1.165, 1.54) is 23.0 Å². The third-order valence-electron chi connectivity index (χ3n) is 5.83. The van der Waals surface area contributed by atoms with Gasteiger partial charge in [0.25, 0.3) is 5.56 Å². The molecule has 9 heteroatoms. The van der Waals surface area contributed by atoms with Crippen LogP contribution in [0.3, 0.4) is 0 Å². The first-order valence-corrected chi connectivity index (χ1v) is 12.7. The molecule has 0 bridgehead atoms. The smallest absolute Gasteiger partial charge is 0.338 e. The predicted octanol–water partition coefficient (Wildman–Crippen LogP) is 3.22. The van der Waals surface area contributed by atoms with Gasteiger partial charge in [-0.2, -0.15) is 0 Å². The van der Waals surface area contributed by atoms with E-state index < -0.39 is 12.0 Å². The Hall–Kier alpha value is -4.29. The van der Waals surface area contributed by atoms with Gasteiger partial charge < -0.3 is 18.9 Å². The summed E-state index contributed by atoms with van der Waals surface area (Å²) in [4.78, 5) is 32.4. The van der Waals surface area contributed by atoms with Crippen LogP contribution in [0.4, 0.5) is 0 Å². The Bertz CT molecular complexity index is 1620. The zero-order chi connectivity index (χ0) is 27.4. The van der Waals surface area contributed by atoms with Gasteiger partial charge in [-0.3, -0.25) is 9.36 Å². The van der Waals surface area contributed by atoms with Crippen molar-refractivity contribution in [2.45, 2.75) is 32.9 Å². The molecule has 0 N–H and O–H groups in total. The molecule has 0 aliphatic carbocycles. The summed E-state index contributed by atoms with van der Waals surface area (Å²) in [5, 5.41) is 0. The summed E-state index contributed by atoms with van der Waals surface area (Å²) in [6.07, 6.45) is 6.73. The number of para-hydroxylation sites is 1. The third kappa shape index (κ3) is 5.22. The summed E-state index contributed by atoms with van der Waals surface area (Å²) in [6, 6.07) is 11.7. The van der Waals surface area contributed by atoms with E-state index in [0.29, 0.717) is 43.4 Å². The van der Waals surface area contributed by atoms with Crippen LogP contribution in [0.2, 0.25) is 0 Å². The summed E-state index contributed by atoms with van der Waals surface area (Å²) in [5.41, 5.74) is 1.65. The van der Waals surface area contributed by atoms with Gasteiger partial charge in [0.15, 0.2) is 4.80 Å². The highest BCUT2D eigenvalue weighted by atomic mass is 32.1. The van der Waals surface area contributed by atoms with Gasteiger partial charge in [-0.1, -0.05) is 35.5 Å². The molecule has 196 valence electrons. The highest BCUT2D eigenvalue weighted by Gasteiger charge is 2.35. The molecule has 0 fully saturated rings. The highest BCUT2D eigenvalue weighted by molar-refractivity contribution is 7.07. The minimum Gasteiger partial charge on any atom is -0.497 e. The molecule has 0 radical (unpaired) electrons. The van der Waals surface area contributed by atoms with E-state index in [9.17, 15) is 9.59 Å². The number of allylic oxidation sites excluding steroid dienone is 1. The number of rotatable bonds is 8. The number of methoxy groups -OCH3 is 2. The van der Waals surface area contributed by atoms with Crippen molar-refractivity contribution in [1.82, 2.24) is 4.57 Å². The first-order chi connectivity index (χ1) is 18.3. The van der Waals surface area contributed by atoms with Crippen molar-refractivity contribution in [2.75, 3.05) is 20.8 Å². The molecule has 1 aromatic heterocycles. The molecular formula is C29H28N2O6S. The molecule has 38 heavy (non-hydrogen) atoms. The van der Waals surface area contributed by atoms with E-state index in [-0.39, 0.29) is 23.8 Å². The van der Waals surface area contributed by atoms with Crippen LogP contribution >= 0.6 is 11.3 Å². The number of carbonyl (C=O) groups is 1. The lowest BCUT2D eigenvalue weighted by atomic mass is 9.94. The summed E-state index contributed by atoms with van der Waals surface area (Å²) in [5.74, 6) is 3.49. The van der Waals surface area contributed by atoms with Crippen LogP contribution < -0.4 is 29.1 Å². The maximum atomic E-state index is 13.9. The van der Waals surface area contributed by atoms with E-state index >= 15 is 0 Å². The van der Waals surface area contributed by atoms with Crippen LogP contribution in [0.5, 0.6) is 17.2 Å². The number of terminal acetylenes is 1. The first kappa shape index (κ1) is 26.8. The Kier molecular flexibility index (Phi) is 8.03. The molecule has 8 nitrogen and oxygen atoms in total. The van der Waals surface area contributed by atoms with Gasteiger partial charge in [0.1, 0.15) is 29.9 Å². The monoisotopic (exact) mass is 532 g/mol. The number of carbonyl (C=O) groups excluding carboxylic acids is 1. The molecule has 2 heterocycles. The lowest BCUT2D eigenvalue weighted by molar-refractivity contribution is -0.143. The second kappa shape index (κ2) is 11.4. The number of esters is 1. The first-order valence-electron chi connectivity index (χ1n) is 11.9. The maximum Gasteiger partial charge on any atom is 0.338 e. The molecule has 2 aromatic carbocycles. The molecule has 0 saturated carbocycles. The molecule has 4 rings (SSSR count). The van der Waals surface area contributed by atoms with Crippen molar-refractivity contribution in [3.63, 3.8) is 0 Å². The van der Waals surface area contributed by atoms with Crippen molar-refractivity contribution in [2.24, 2.45) is 4.99 Å². The van der Waals surface area contributed by atoms with E-state index in [0.717, 1.165) is 0 Å². The number of benzene rings is 2. The Balaban J connectivity index is 1.99. The molecular weight excluding hydrogens is 504 g/mol. The number of hydrogen-bond acceptors (Lipinski definition) is 8. The van der Waals surface area contributed by atoms with Crippen LogP contribution in [0, 0.1) is 12.3 Å². The molecule has 3 aromatic rings. The molecule has 0 saturated heterocycles. The molecule has 1 atom stereocenters. The average molecular weight is 533 g/mol. The summed E-state index contributed by atoms with van der Waals surface area (Å²) >= 11 is 1.22. The fourth-order valence-corrected chi connectivity index (χ4v) is 5.24. The van der Waals surface area contributed by atoms with Crippen molar-refractivity contribution in [1.29, 1.82) is 0 Å². The highest BCUT2D eigenvalue weighted by Crippen LogP contribution is 2.38. The molecule has 1 aliphatic heterocycles. The van der Waals surface area contributed by atoms with Crippen molar-refractivity contribution in [3.8, 4) is 29.6 Å². The van der Waals surface area contributed by atoms with E-state index in [4.69, 9.17) is 25.4 Å². The number of aromatic nitrogens is 1.